The van der Waals surface area contributed by atoms with Crippen LogP contribution in [0.5, 0.6) is 0 Å². The third-order valence-corrected chi connectivity index (χ3v) is 9.63. The molecule has 0 saturated heterocycles. The second-order valence-corrected chi connectivity index (χ2v) is 12.6. The SMILES string of the molecule is CC1(C)COC2=[N+]1[B-]1(c3ccccc3)C[C@@H](c3ccccc3)[B-]2(c2ccccc2)C2=[N+]1C(C)(C)CO2. The molecule has 1 atom stereocenters. The molecule has 4 nitrogen and oxygen atoms in total. The number of nitrogens with zero attached hydrogens (tertiary/aromatic N) is 2. The predicted molar refractivity (Wildman–Crippen MR) is 148 cm³/mol. The van der Waals surface area contributed by atoms with Crippen molar-refractivity contribution in [3.8, 4) is 0 Å². The van der Waals surface area contributed by atoms with Crippen LogP contribution in [0.4, 0.5) is 0 Å². The van der Waals surface area contributed by atoms with E-state index in [1.165, 1.54) is 16.5 Å². The zero-order valence-corrected chi connectivity index (χ0v) is 21.7. The van der Waals surface area contributed by atoms with Gasteiger partial charge in [-0.05, 0) is 27.7 Å². The van der Waals surface area contributed by atoms with E-state index in [4.69, 9.17) is 9.47 Å². The molecule has 0 saturated carbocycles. The van der Waals surface area contributed by atoms with Crippen molar-refractivity contribution in [3.05, 3.63) is 96.6 Å². The first-order valence-corrected chi connectivity index (χ1v) is 13.4. The van der Waals surface area contributed by atoms with Gasteiger partial charge in [-0.3, -0.25) is 0 Å². The molecule has 0 aliphatic carbocycles. The second-order valence-electron chi connectivity index (χ2n) is 12.6. The van der Waals surface area contributed by atoms with Crippen molar-refractivity contribution in [1.82, 2.24) is 0 Å². The summed E-state index contributed by atoms with van der Waals surface area (Å²) < 4.78 is 19.2. The maximum atomic E-state index is 6.90. The minimum Gasteiger partial charge on any atom is -0.478 e. The van der Waals surface area contributed by atoms with Crippen LogP contribution in [0.15, 0.2) is 91.0 Å². The summed E-state index contributed by atoms with van der Waals surface area (Å²) in [5, 5.41) is 0. The van der Waals surface area contributed by atoms with E-state index in [1.807, 2.05) is 0 Å². The normalized spacial score (nSPS) is 31.1. The summed E-state index contributed by atoms with van der Waals surface area (Å²) in [6, 6.07) is 33.3. The van der Waals surface area contributed by atoms with Crippen molar-refractivity contribution in [1.29, 1.82) is 0 Å². The van der Waals surface area contributed by atoms with Crippen molar-refractivity contribution < 1.29 is 18.4 Å². The molecule has 3 aromatic rings. The highest BCUT2D eigenvalue weighted by atomic mass is 16.5. The molecule has 0 radical (unpaired) electrons. The van der Waals surface area contributed by atoms with Gasteiger partial charge in [0.2, 0.25) is 0 Å². The Morgan fingerprint density at radius 3 is 1.58 bits per heavy atom. The van der Waals surface area contributed by atoms with Crippen molar-refractivity contribution in [3.63, 3.8) is 0 Å². The highest BCUT2D eigenvalue weighted by Crippen LogP contribution is 2.51. The predicted octanol–water partition coefficient (Wildman–Crippen LogP) is 3.56. The smallest absolute Gasteiger partial charge is 0.478 e. The average Bonchev–Trinajstić information content (AvgIpc) is 3.43. The van der Waals surface area contributed by atoms with E-state index in [1.54, 1.807) is 0 Å². The minimum absolute atomic E-state index is 0.140. The lowest BCUT2D eigenvalue weighted by atomic mass is 9.06. The van der Waals surface area contributed by atoms with Gasteiger partial charge in [0.1, 0.15) is 35.9 Å². The molecule has 0 fully saturated rings. The Morgan fingerprint density at radius 2 is 1.08 bits per heavy atom. The molecule has 0 amide bonds. The number of rotatable bonds is 3. The molecule has 0 spiro atoms. The van der Waals surface area contributed by atoms with Crippen LogP contribution in [0.25, 0.3) is 0 Å². The van der Waals surface area contributed by atoms with Gasteiger partial charge in [-0.15, -0.1) is 5.82 Å². The molecule has 6 heteroatoms. The molecule has 0 N–H and O–H groups in total. The minimum atomic E-state index is -1.50. The van der Waals surface area contributed by atoms with Crippen molar-refractivity contribution in [2.75, 3.05) is 13.2 Å². The van der Waals surface area contributed by atoms with Crippen LogP contribution in [0, 0.1) is 0 Å². The molecule has 182 valence electrons. The van der Waals surface area contributed by atoms with Gasteiger partial charge in [-0.2, -0.15) is 5.46 Å². The largest absolute Gasteiger partial charge is 0.562 e. The van der Waals surface area contributed by atoms with Crippen LogP contribution in [0.1, 0.15) is 39.1 Å². The first kappa shape index (κ1) is 22.0. The van der Waals surface area contributed by atoms with E-state index in [2.05, 4.69) is 128 Å². The molecular weight excluding hydrogens is 442 g/mol. The maximum Gasteiger partial charge on any atom is 0.562 e. The summed E-state index contributed by atoms with van der Waals surface area (Å²) in [6.45, 7) is 10.8. The zero-order chi connectivity index (χ0) is 24.8. The van der Waals surface area contributed by atoms with Crippen molar-refractivity contribution in [2.45, 2.75) is 50.9 Å². The van der Waals surface area contributed by atoms with Crippen molar-refractivity contribution in [2.24, 2.45) is 0 Å². The molecular formula is C30H34B2N2O2. The summed E-state index contributed by atoms with van der Waals surface area (Å²) >= 11 is 0. The average molecular weight is 476 g/mol. The summed E-state index contributed by atoms with van der Waals surface area (Å²) in [4.78, 5) is 0. The van der Waals surface area contributed by atoms with Gasteiger partial charge in [-0.25, -0.2) is 0 Å². The molecule has 36 heavy (non-hydrogen) atoms. The molecule has 2 bridgehead atoms. The Kier molecular flexibility index (Phi) is 4.36. The number of ether oxygens (including phenoxy) is 2. The first-order chi connectivity index (χ1) is 17.3. The third-order valence-electron chi connectivity index (χ3n) is 9.63. The highest BCUT2D eigenvalue weighted by molar-refractivity contribution is 7.33. The van der Waals surface area contributed by atoms with Gasteiger partial charge >= 0.3 is 12.6 Å². The molecule has 5 aliphatic rings. The lowest BCUT2D eigenvalue weighted by Crippen LogP contribution is -2.87. The van der Waals surface area contributed by atoms with E-state index in [-0.39, 0.29) is 16.9 Å². The fourth-order valence-corrected chi connectivity index (χ4v) is 8.58. The Balaban J connectivity index is 1.68. The Morgan fingerprint density at radius 1 is 0.639 bits per heavy atom. The number of hydrogen-bond acceptors (Lipinski definition) is 2. The Hall–Kier alpha value is -3.27. The molecule has 5 aliphatic heterocycles. The molecule has 5 heterocycles. The van der Waals surface area contributed by atoms with Crippen molar-refractivity contribution >= 4 is 35.1 Å². The molecule has 3 aromatic carbocycles. The lowest BCUT2D eigenvalue weighted by Gasteiger charge is -2.58. The zero-order valence-electron chi connectivity index (χ0n) is 21.7. The van der Waals surface area contributed by atoms with E-state index >= 15 is 0 Å². The van der Waals surface area contributed by atoms with Gasteiger partial charge in [0.25, 0.3) is 0 Å². The van der Waals surface area contributed by atoms with Crippen LogP contribution in [0.3, 0.4) is 0 Å². The first-order valence-electron chi connectivity index (χ1n) is 13.4. The maximum absolute atomic E-state index is 6.90. The van der Waals surface area contributed by atoms with E-state index in [9.17, 15) is 0 Å². The van der Waals surface area contributed by atoms with Crippen LogP contribution >= 0.6 is 0 Å². The fraction of sp³-hybridized carbons (Fsp3) is 0.333. The van der Waals surface area contributed by atoms with Gasteiger partial charge in [0.05, 0.1) is 0 Å². The Labute approximate surface area is 214 Å². The van der Waals surface area contributed by atoms with Crippen LogP contribution < -0.4 is 10.9 Å². The van der Waals surface area contributed by atoms with E-state index in [0.29, 0.717) is 13.2 Å². The van der Waals surface area contributed by atoms with Gasteiger partial charge in [0.15, 0.2) is 0 Å². The Bertz CT molecular complexity index is 1370. The number of benzene rings is 3. The standard InChI is InChI=1S/C30H34B2N2O2/c1-29(2)21-35-27-32(25-18-12-7-13-19-25)26(23-14-8-5-9-15-23)20-31(33(27)29,24-16-10-6-11-17-24)34-28(32)36-22-30(34,3)4/h5-19,26H,20-22H2,1-4H3/t26-,31?,32?/m0/s1. The third kappa shape index (κ3) is 2.52. The quantitative estimate of drug-likeness (QED) is 0.541. The fourth-order valence-electron chi connectivity index (χ4n) is 8.58. The number of fused-ring (bicyclic) bond motifs is 1. The lowest BCUT2D eigenvalue weighted by molar-refractivity contribution is -0.600. The summed E-state index contributed by atoms with van der Waals surface area (Å²) in [5.74, 6) is 2.49. The van der Waals surface area contributed by atoms with Crippen LogP contribution in [0.2, 0.25) is 6.32 Å². The molecule has 0 aromatic heterocycles. The van der Waals surface area contributed by atoms with E-state index < -0.39 is 12.6 Å². The van der Waals surface area contributed by atoms with Crippen LogP contribution in [-0.2, 0) is 9.47 Å². The highest BCUT2D eigenvalue weighted by Gasteiger charge is 2.78. The van der Waals surface area contributed by atoms with Gasteiger partial charge in [0, 0.05) is 0 Å². The summed E-state index contributed by atoms with van der Waals surface area (Å²) in [6.07, 6.45) is -1.86. The molecule has 8 rings (SSSR count). The topological polar surface area (TPSA) is 24.5 Å². The van der Waals surface area contributed by atoms with Crippen LogP contribution in [-0.4, -0.2) is 57.4 Å². The summed E-state index contributed by atoms with van der Waals surface area (Å²) in [5.41, 5.74) is 3.75. The second kappa shape index (κ2) is 7.15. The van der Waals surface area contributed by atoms with Gasteiger partial charge in [-0.1, -0.05) is 108 Å². The van der Waals surface area contributed by atoms with Gasteiger partial charge < -0.3 is 18.4 Å². The molecule has 0 unspecified atom stereocenters. The van der Waals surface area contributed by atoms with E-state index in [0.717, 1.165) is 17.9 Å². The monoisotopic (exact) mass is 476 g/mol. The number of hydrogen-bond donors (Lipinski definition) is 0. The summed E-state index contributed by atoms with van der Waals surface area (Å²) in [7, 11) is 0.